The van der Waals surface area contributed by atoms with Crippen LogP contribution in [-0.2, 0) is 23.4 Å². The number of carboxylic acids is 1. The molecule has 0 amide bonds. The van der Waals surface area contributed by atoms with Crippen LogP contribution in [0.5, 0.6) is 0 Å². The fourth-order valence-corrected chi connectivity index (χ4v) is 2.54. The molecule has 0 saturated carbocycles. The van der Waals surface area contributed by atoms with Crippen LogP contribution in [0.15, 0.2) is 6.07 Å². The van der Waals surface area contributed by atoms with Crippen molar-refractivity contribution < 1.29 is 9.90 Å². The highest BCUT2D eigenvalue weighted by Gasteiger charge is 2.13. The van der Waals surface area contributed by atoms with Gasteiger partial charge in [-0.25, -0.2) is 0 Å². The van der Waals surface area contributed by atoms with Crippen molar-refractivity contribution in [3.8, 4) is 0 Å². The average molecular weight is 197 g/mol. The van der Waals surface area contributed by atoms with Crippen molar-refractivity contribution in [2.75, 3.05) is 5.75 Å². The number of rotatable bonds is 2. The molecule has 13 heavy (non-hydrogen) atoms. The molecule has 1 aromatic heterocycles. The smallest absolute Gasteiger partial charge is 0.309 e. The fraction of sp³-hybridized carbons (Fsp3) is 0.444. The number of thioether (sulfide) groups is 1. The topological polar surface area (TPSA) is 53.1 Å². The quantitative estimate of drug-likeness (QED) is 0.754. The number of aromatic amines is 1. The Morgan fingerprint density at radius 3 is 3.23 bits per heavy atom. The summed E-state index contributed by atoms with van der Waals surface area (Å²) in [6, 6.07) is 1.99. The monoisotopic (exact) mass is 197 g/mol. The molecule has 1 aliphatic rings. The van der Waals surface area contributed by atoms with Crippen LogP contribution in [0.3, 0.4) is 0 Å². The first-order chi connectivity index (χ1) is 6.25. The maximum atomic E-state index is 10.5. The molecule has 0 fully saturated rings. The molecule has 0 aliphatic carbocycles. The molecule has 2 heterocycles. The van der Waals surface area contributed by atoms with Crippen molar-refractivity contribution in [2.24, 2.45) is 0 Å². The third-order valence-electron chi connectivity index (χ3n) is 2.15. The summed E-state index contributed by atoms with van der Waals surface area (Å²) in [7, 11) is 0. The van der Waals surface area contributed by atoms with Gasteiger partial charge in [0.2, 0.25) is 0 Å². The van der Waals surface area contributed by atoms with Gasteiger partial charge in [0.1, 0.15) is 0 Å². The summed E-state index contributed by atoms with van der Waals surface area (Å²) < 4.78 is 0. The molecular formula is C9H11NO2S. The summed E-state index contributed by atoms with van der Waals surface area (Å²) in [4.78, 5) is 13.6. The van der Waals surface area contributed by atoms with E-state index in [1.807, 2.05) is 17.8 Å². The van der Waals surface area contributed by atoms with Crippen molar-refractivity contribution in [3.63, 3.8) is 0 Å². The van der Waals surface area contributed by atoms with Crippen LogP contribution in [0.25, 0.3) is 0 Å². The lowest BCUT2D eigenvalue weighted by molar-refractivity contribution is -0.136. The predicted molar refractivity (Wildman–Crippen MR) is 52.0 cm³/mol. The van der Waals surface area contributed by atoms with Gasteiger partial charge in [-0.3, -0.25) is 4.79 Å². The largest absolute Gasteiger partial charge is 0.481 e. The molecule has 3 nitrogen and oxygen atoms in total. The first kappa shape index (κ1) is 8.69. The third-order valence-corrected chi connectivity index (χ3v) is 3.14. The van der Waals surface area contributed by atoms with Crippen molar-refractivity contribution in [3.05, 3.63) is 23.0 Å². The summed E-state index contributed by atoms with van der Waals surface area (Å²) in [5.74, 6) is 1.37. The van der Waals surface area contributed by atoms with Gasteiger partial charge in [0.15, 0.2) is 0 Å². The van der Waals surface area contributed by atoms with Gasteiger partial charge in [0, 0.05) is 17.1 Å². The Hall–Kier alpha value is -0.900. The standard InChI is InChI=1S/C9H11NO2S/c11-9(12)4-7-3-6-1-2-13-5-8(6)10-7/h3,10H,1-2,4-5H2,(H,11,12). The van der Waals surface area contributed by atoms with E-state index in [4.69, 9.17) is 5.11 Å². The summed E-state index contributed by atoms with van der Waals surface area (Å²) in [5, 5.41) is 8.60. The van der Waals surface area contributed by atoms with Crippen LogP contribution in [-0.4, -0.2) is 21.8 Å². The zero-order valence-corrected chi connectivity index (χ0v) is 7.99. The molecule has 0 unspecified atom stereocenters. The number of carboxylic acid groups (broad SMARTS) is 1. The van der Waals surface area contributed by atoms with E-state index >= 15 is 0 Å². The number of hydrogen-bond acceptors (Lipinski definition) is 2. The Kier molecular flexibility index (Phi) is 2.31. The first-order valence-corrected chi connectivity index (χ1v) is 5.40. The van der Waals surface area contributed by atoms with Gasteiger partial charge >= 0.3 is 5.97 Å². The van der Waals surface area contributed by atoms with Gasteiger partial charge in [-0.2, -0.15) is 11.8 Å². The van der Waals surface area contributed by atoms with Gasteiger partial charge in [0.05, 0.1) is 6.42 Å². The zero-order valence-electron chi connectivity index (χ0n) is 7.17. The van der Waals surface area contributed by atoms with Crippen LogP contribution in [0, 0.1) is 0 Å². The van der Waals surface area contributed by atoms with E-state index in [0.29, 0.717) is 0 Å². The van der Waals surface area contributed by atoms with Crippen LogP contribution in [0.2, 0.25) is 0 Å². The Labute approximate surface area is 80.5 Å². The maximum Gasteiger partial charge on any atom is 0.309 e. The molecule has 1 aromatic rings. The summed E-state index contributed by atoms with van der Waals surface area (Å²) >= 11 is 1.89. The van der Waals surface area contributed by atoms with Crippen molar-refractivity contribution in [1.29, 1.82) is 0 Å². The number of carbonyl (C=O) groups is 1. The lowest BCUT2D eigenvalue weighted by Crippen LogP contribution is -2.00. The fourth-order valence-electron chi connectivity index (χ4n) is 1.57. The van der Waals surface area contributed by atoms with Crippen LogP contribution in [0.4, 0.5) is 0 Å². The Morgan fingerprint density at radius 1 is 1.69 bits per heavy atom. The van der Waals surface area contributed by atoms with Crippen molar-refractivity contribution in [1.82, 2.24) is 4.98 Å². The SMILES string of the molecule is O=C(O)Cc1cc2c([nH]1)CSCC2. The third kappa shape index (κ3) is 1.88. The molecule has 2 N–H and O–H groups in total. The minimum Gasteiger partial charge on any atom is -0.481 e. The van der Waals surface area contributed by atoms with E-state index in [1.165, 1.54) is 11.3 Å². The minimum absolute atomic E-state index is 0.109. The molecule has 4 heteroatoms. The first-order valence-electron chi connectivity index (χ1n) is 4.25. The van der Waals surface area contributed by atoms with Gasteiger partial charge in [-0.1, -0.05) is 0 Å². The minimum atomic E-state index is -0.772. The molecule has 1 aliphatic heterocycles. The maximum absolute atomic E-state index is 10.5. The number of fused-ring (bicyclic) bond motifs is 1. The normalized spacial score (nSPS) is 15.4. The van der Waals surface area contributed by atoms with E-state index in [2.05, 4.69) is 4.98 Å². The molecule has 70 valence electrons. The van der Waals surface area contributed by atoms with Gasteiger partial charge in [-0.05, 0) is 23.8 Å². The predicted octanol–water partition coefficient (Wildman–Crippen LogP) is 1.43. The lowest BCUT2D eigenvalue weighted by Gasteiger charge is -2.08. The second kappa shape index (κ2) is 3.46. The van der Waals surface area contributed by atoms with Gasteiger partial charge in [0.25, 0.3) is 0 Å². The highest BCUT2D eigenvalue weighted by Crippen LogP contribution is 2.24. The Balaban J connectivity index is 2.20. The number of aromatic nitrogens is 1. The van der Waals surface area contributed by atoms with E-state index < -0.39 is 5.97 Å². The van der Waals surface area contributed by atoms with Crippen LogP contribution in [0.1, 0.15) is 17.0 Å². The number of hydrogen-bond donors (Lipinski definition) is 2. The van der Waals surface area contributed by atoms with E-state index in [9.17, 15) is 4.79 Å². The molecular weight excluding hydrogens is 186 g/mol. The van der Waals surface area contributed by atoms with E-state index in [1.54, 1.807) is 0 Å². The number of nitrogens with one attached hydrogen (secondary N) is 1. The molecule has 0 saturated heterocycles. The summed E-state index contributed by atoms with van der Waals surface area (Å²) in [6.45, 7) is 0. The van der Waals surface area contributed by atoms with Gasteiger partial charge < -0.3 is 10.1 Å². The summed E-state index contributed by atoms with van der Waals surface area (Å²) in [5.41, 5.74) is 3.35. The summed E-state index contributed by atoms with van der Waals surface area (Å²) in [6.07, 6.45) is 1.17. The number of H-pyrrole nitrogens is 1. The van der Waals surface area contributed by atoms with Crippen molar-refractivity contribution in [2.45, 2.75) is 18.6 Å². The van der Waals surface area contributed by atoms with Crippen LogP contribution < -0.4 is 0 Å². The molecule has 0 atom stereocenters. The molecule has 0 bridgehead atoms. The highest BCUT2D eigenvalue weighted by molar-refractivity contribution is 7.98. The molecule has 0 radical (unpaired) electrons. The van der Waals surface area contributed by atoms with E-state index in [0.717, 1.165) is 23.6 Å². The van der Waals surface area contributed by atoms with Crippen molar-refractivity contribution >= 4 is 17.7 Å². The van der Waals surface area contributed by atoms with Crippen LogP contribution >= 0.6 is 11.8 Å². The second-order valence-corrected chi connectivity index (χ2v) is 4.28. The number of aliphatic carboxylic acids is 1. The lowest BCUT2D eigenvalue weighted by atomic mass is 10.2. The average Bonchev–Trinajstić information content (AvgIpc) is 2.44. The molecule has 0 spiro atoms. The van der Waals surface area contributed by atoms with E-state index in [-0.39, 0.29) is 6.42 Å². The number of aryl methyl sites for hydroxylation is 1. The zero-order chi connectivity index (χ0) is 9.26. The second-order valence-electron chi connectivity index (χ2n) is 3.17. The van der Waals surface area contributed by atoms with Gasteiger partial charge in [-0.15, -0.1) is 0 Å². The molecule has 2 rings (SSSR count). The highest BCUT2D eigenvalue weighted by atomic mass is 32.2. The molecule has 0 aromatic carbocycles. The Morgan fingerprint density at radius 2 is 2.54 bits per heavy atom. The Bertz CT molecular complexity index is 309.